The highest BCUT2D eigenvalue weighted by atomic mass is 32.2. The van der Waals surface area contributed by atoms with E-state index < -0.39 is 11.7 Å². The molecule has 9 heteroatoms. The van der Waals surface area contributed by atoms with Crippen LogP contribution in [0.4, 0.5) is 0 Å². The molecule has 8 nitrogen and oxygen atoms in total. The summed E-state index contributed by atoms with van der Waals surface area (Å²) in [6, 6.07) is 0. The fourth-order valence-electron chi connectivity index (χ4n) is 1.63. The Labute approximate surface area is 118 Å². The summed E-state index contributed by atoms with van der Waals surface area (Å²) in [6.07, 6.45) is 0. The Morgan fingerprint density at radius 1 is 1.40 bits per heavy atom. The summed E-state index contributed by atoms with van der Waals surface area (Å²) in [4.78, 5) is 28.7. The quantitative estimate of drug-likeness (QED) is 0.623. The molecule has 2 heterocycles. The molecule has 0 spiro atoms. The van der Waals surface area contributed by atoms with Crippen molar-refractivity contribution in [2.75, 3.05) is 0 Å². The lowest BCUT2D eigenvalue weighted by molar-refractivity contribution is 0.0690. The first kappa shape index (κ1) is 14.3. The Balaban J connectivity index is 2.32. The minimum atomic E-state index is -1.12. The maximum atomic E-state index is 11.4. The van der Waals surface area contributed by atoms with Crippen molar-refractivity contribution >= 4 is 17.7 Å². The standard InChI is InChI=1S/C11H13N5O3S/c1-5-8(10(17)18)9(13-11(19)12-5)20-4-7-15-14-6(2)16(7)3/h4H2,1-3H3,(H,17,18)(H,12,13,19). The number of rotatable bonds is 4. The highest BCUT2D eigenvalue weighted by molar-refractivity contribution is 7.98. The number of nitrogens with one attached hydrogen (secondary N) is 1. The number of carboxylic acid groups (broad SMARTS) is 1. The van der Waals surface area contributed by atoms with E-state index in [9.17, 15) is 14.7 Å². The van der Waals surface area contributed by atoms with E-state index in [0.717, 1.165) is 17.6 Å². The van der Waals surface area contributed by atoms with E-state index in [1.165, 1.54) is 6.92 Å². The number of aromatic carboxylic acids is 1. The lowest BCUT2D eigenvalue weighted by Crippen LogP contribution is -2.18. The van der Waals surface area contributed by atoms with E-state index in [0.29, 0.717) is 11.6 Å². The van der Waals surface area contributed by atoms with Gasteiger partial charge in [0.15, 0.2) is 0 Å². The molecule has 0 aliphatic rings. The van der Waals surface area contributed by atoms with Crippen LogP contribution in [-0.4, -0.2) is 35.8 Å². The first-order valence-electron chi connectivity index (χ1n) is 5.72. The summed E-state index contributed by atoms with van der Waals surface area (Å²) < 4.78 is 1.80. The van der Waals surface area contributed by atoms with Crippen molar-refractivity contribution in [2.24, 2.45) is 7.05 Å². The average molecular weight is 295 g/mol. The molecule has 20 heavy (non-hydrogen) atoms. The molecule has 0 radical (unpaired) electrons. The molecule has 0 aliphatic heterocycles. The summed E-state index contributed by atoms with van der Waals surface area (Å²) in [6.45, 7) is 3.35. The lowest BCUT2D eigenvalue weighted by Gasteiger charge is -2.06. The van der Waals surface area contributed by atoms with E-state index in [4.69, 9.17) is 0 Å². The van der Waals surface area contributed by atoms with Gasteiger partial charge in [-0.25, -0.2) is 9.59 Å². The number of carboxylic acids is 1. The lowest BCUT2D eigenvalue weighted by atomic mass is 10.2. The van der Waals surface area contributed by atoms with Crippen molar-refractivity contribution < 1.29 is 9.90 Å². The van der Waals surface area contributed by atoms with E-state index in [-0.39, 0.29) is 16.3 Å². The summed E-state index contributed by atoms with van der Waals surface area (Å²) in [5.74, 6) is 0.702. The number of aryl methyl sites for hydroxylation is 2. The van der Waals surface area contributed by atoms with Crippen LogP contribution in [-0.2, 0) is 12.8 Å². The summed E-state index contributed by atoms with van der Waals surface area (Å²) >= 11 is 1.15. The second kappa shape index (κ2) is 5.45. The number of H-pyrrole nitrogens is 1. The summed E-state index contributed by atoms with van der Waals surface area (Å²) in [7, 11) is 1.82. The second-order valence-corrected chi connectivity index (χ2v) is 5.13. The minimum Gasteiger partial charge on any atom is -0.478 e. The van der Waals surface area contributed by atoms with Crippen LogP contribution < -0.4 is 5.69 Å². The van der Waals surface area contributed by atoms with Gasteiger partial charge in [-0.3, -0.25) is 0 Å². The molecule has 0 bridgehead atoms. The molecule has 2 aromatic rings. The van der Waals surface area contributed by atoms with Gasteiger partial charge in [0.2, 0.25) is 0 Å². The normalized spacial score (nSPS) is 10.8. The van der Waals surface area contributed by atoms with Crippen LogP contribution in [0.1, 0.15) is 27.7 Å². The van der Waals surface area contributed by atoms with Gasteiger partial charge in [-0.15, -0.1) is 10.2 Å². The van der Waals surface area contributed by atoms with E-state index >= 15 is 0 Å². The fraction of sp³-hybridized carbons (Fsp3) is 0.364. The van der Waals surface area contributed by atoms with Gasteiger partial charge in [-0.05, 0) is 13.8 Å². The molecule has 0 saturated carbocycles. The number of aromatic amines is 1. The summed E-state index contributed by atoms with van der Waals surface area (Å²) in [5, 5.41) is 17.3. The third-order valence-electron chi connectivity index (χ3n) is 2.82. The van der Waals surface area contributed by atoms with Crippen LogP contribution in [0.2, 0.25) is 0 Å². The van der Waals surface area contributed by atoms with Gasteiger partial charge < -0.3 is 14.7 Å². The molecular formula is C11H13N5O3S. The third kappa shape index (κ3) is 2.72. The molecule has 0 fully saturated rings. The maximum Gasteiger partial charge on any atom is 0.346 e. The number of nitrogens with zero attached hydrogens (tertiary/aromatic N) is 4. The van der Waals surface area contributed by atoms with Crippen LogP contribution in [0.25, 0.3) is 0 Å². The molecule has 0 saturated heterocycles. The van der Waals surface area contributed by atoms with Crippen molar-refractivity contribution in [2.45, 2.75) is 24.6 Å². The molecule has 2 rings (SSSR count). The molecule has 0 atom stereocenters. The first-order valence-corrected chi connectivity index (χ1v) is 6.70. The average Bonchev–Trinajstić information content (AvgIpc) is 2.66. The van der Waals surface area contributed by atoms with E-state index in [1.807, 2.05) is 14.0 Å². The number of aromatic nitrogens is 5. The topological polar surface area (TPSA) is 114 Å². The van der Waals surface area contributed by atoms with Crippen molar-refractivity contribution in [1.82, 2.24) is 24.7 Å². The Kier molecular flexibility index (Phi) is 3.89. The van der Waals surface area contributed by atoms with E-state index in [2.05, 4.69) is 20.2 Å². The number of carbonyl (C=O) groups is 1. The van der Waals surface area contributed by atoms with Gasteiger partial charge in [-0.2, -0.15) is 4.98 Å². The minimum absolute atomic E-state index is 0.00786. The zero-order chi connectivity index (χ0) is 14.9. The summed E-state index contributed by atoms with van der Waals surface area (Å²) in [5.41, 5.74) is -0.271. The van der Waals surface area contributed by atoms with E-state index in [1.54, 1.807) is 4.57 Å². The van der Waals surface area contributed by atoms with Gasteiger partial charge >= 0.3 is 11.7 Å². The Hall–Kier alpha value is -2.16. The second-order valence-electron chi connectivity index (χ2n) is 4.16. The van der Waals surface area contributed by atoms with Crippen LogP contribution in [0.3, 0.4) is 0 Å². The Morgan fingerprint density at radius 2 is 2.10 bits per heavy atom. The number of hydrogen-bond acceptors (Lipinski definition) is 6. The van der Waals surface area contributed by atoms with Gasteiger partial charge in [-0.1, -0.05) is 11.8 Å². The largest absolute Gasteiger partial charge is 0.478 e. The Morgan fingerprint density at radius 3 is 2.65 bits per heavy atom. The van der Waals surface area contributed by atoms with Crippen molar-refractivity contribution in [3.05, 3.63) is 33.4 Å². The molecule has 2 aromatic heterocycles. The predicted octanol–water partition coefficient (Wildman–Crippen LogP) is 0.506. The van der Waals surface area contributed by atoms with Gasteiger partial charge in [0.25, 0.3) is 0 Å². The van der Waals surface area contributed by atoms with Crippen LogP contribution in [0, 0.1) is 13.8 Å². The zero-order valence-corrected chi connectivity index (χ0v) is 12.0. The van der Waals surface area contributed by atoms with Gasteiger partial charge in [0.05, 0.1) is 5.75 Å². The fourth-order valence-corrected chi connectivity index (χ4v) is 2.67. The molecule has 106 valence electrons. The predicted molar refractivity (Wildman–Crippen MR) is 71.9 cm³/mol. The first-order chi connectivity index (χ1) is 9.40. The van der Waals surface area contributed by atoms with Crippen molar-refractivity contribution in [1.29, 1.82) is 0 Å². The van der Waals surface area contributed by atoms with Crippen molar-refractivity contribution in [3.8, 4) is 0 Å². The molecule has 0 aliphatic carbocycles. The molecular weight excluding hydrogens is 282 g/mol. The number of hydrogen-bond donors (Lipinski definition) is 2. The SMILES string of the molecule is Cc1[nH]c(=O)nc(SCc2nnc(C)n2C)c1C(=O)O. The molecule has 0 amide bonds. The third-order valence-corrected chi connectivity index (χ3v) is 3.79. The smallest absolute Gasteiger partial charge is 0.346 e. The van der Waals surface area contributed by atoms with Gasteiger partial charge in [0, 0.05) is 12.7 Å². The molecule has 2 N–H and O–H groups in total. The monoisotopic (exact) mass is 295 g/mol. The zero-order valence-electron chi connectivity index (χ0n) is 11.2. The molecule has 0 aromatic carbocycles. The van der Waals surface area contributed by atoms with Crippen molar-refractivity contribution in [3.63, 3.8) is 0 Å². The highest BCUT2D eigenvalue weighted by Crippen LogP contribution is 2.24. The Bertz CT molecular complexity index is 721. The number of thioether (sulfide) groups is 1. The van der Waals surface area contributed by atoms with Crippen LogP contribution in [0.5, 0.6) is 0 Å². The maximum absolute atomic E-state index is 11.4. The molecule has 0 unspecified atom stereocenters. The van der Waals surface area contributed by atoms with Crippen LogP contribution in [0.15, 0.2) is 9.82 Å². The van der Waals surface area contributed by atoms with Crippen LogP contribution >= 0.6 is 11.8 Å². The highest BCUT2D eigenvalue weighted by Gasteiger charge is 2.18. The van der Waals surface area contributed by atoms with Gasteiger partial charge in [0.1, 0.15) is 22.2 Å².